The molecule has 0 bridgehead atoms. The average molecular weight is 496 g/mol. The number of carbonyl (C=O) groups is 2. The number of hydrogen-bond donors (Lipinski definition) is 0. The van der Waals surface area contributed by atoms with Crippen molar-refractivity contribution in [2.24, 2.45) is 0 Å². The van der Waals surface area contributed by atoms with Crippen LogP contribution in [0.4, 0.5) is 0 Å². The first kappa shape index (κ1) is 33.9. The summed E-state index contributed by atoms with van der Waals surface area (Å²) in [5, 5.41) is 0. The highest BCUT2D eigenvalue weighted by Gasteiger charge is 2.15. The molecule has 0 radical (unpaired) electrons. The monoisotopic (exact) mass is 495 g/mol. The highest BCUT2D eigenvalue weighted by Crippen LogP contribution is 2.14. The smallest absolute Gasteiger partial charge is 0.325 e. The van der Waals surface area contributed by atoms with Gasteiger partial charge in [0, 0.05) is 13.5 Å². The molecule has 0 aliphatic carbocycles. The zero-order valence-electron chi connectivity index (χ0n) is 24.2. The molecule has 0 fully saturated rings. The van der Waals surface area contributed by atoms with Crippen LogP contribution in [-0.2, 0) is 14.3 Å². The SMILES string of the molecule is CCCCCCCCCCCCCCC(C)OC(=O)CN(C)C(=O)CCCCCCCCCCC. The van der Waals surface area contributed by atoms with E-state index in [1.54, 1.807) is 7.05 Å². The molecule has 0 aliphatic rings. The van der Waals surface area contributed by atoms with Crippen LogP contribution in [0.2, 0.25) is 0 Å². The quantitative estimate of drug-likeness (QED) is 0.0886. The average Bonchev–Trinajstić information content (AvgIpc) is 2.83. The van der Waals surface area contributed by atoms with Gasteiger partial charge in [-0.2, -0.15) is 0 Å². The summed E-state index contributed by atoms with van der Waals surface area (Å²) in [7, 11) is 1.72. The predicted molar refractivity (Wildman–Crippen MR) is 151 cm³/mol. The second-order valence-corrected chi connectivity index (χ2v) is 10.8. The van der Waals surface area contributed by atoms with Crippen LogP contribution in [0.25, 0.3) is 0 Å². The van der Waals surface area contributed by atoms with Gasteiger partial charge in [-0.25, -0.2) is 0 Å². The summed E-state index contributed by atoms with van der Waals surface area (Å²) in [5.74, 6) is -0.224. The minimum atomic E-state index is -0.278. The van der Waals surface area contributed by atoms with Crippen LogP contribution >= 0.6 is 0 Å². The summed E-state index contributed by atoms with van der Waals surface area (Å²) in [6, 6.07) is 0. The van der Waals surface area contributed by atoms with Gasteiger partial charge in [0.05, 0.1) is 6.10 Å². The molecule has 0 aromatic carbocycles. The van der Waals surface area contributed by atoms with Gasteiger partial charge in [0.1, 0.15) is 6.54 Å². The summed E-state index contributed by atoms with van der Waals surface area (Å²) < 4.78 is 5.54. The predicted octanol–water partition coefficient (Wildman–Crippen LogP) is 9.39. The zero-order valence-corrected chi connectivity index (χ0v) is 24.2. The summed E-state index contributed by atoms with van der Waals surface area (Å²) in [6.07, 6.45) is 28.6. The molecule has 4 nitrogen and oxygen atoms in total. The fourth-order valence-corrected chi connectivity index (χ4v) is 4.65. The molecule has 1 atom stereocenters. The number of likely N-dealkylation sites (N-methyl/N-ethyl adjacent to an activating group) is 1. The molecule has 4 heteroatoms. The normalized spacial score (nSPS) is 12.0. The van der Waals surface area contributed by atoms with Gasteiger partial charge in [0.25, 0.3) is 0 Å². The third-order valence-electron chi connectivity index (χ3n) is 7.08. The van der Waals surface area contributed by atoms with E-state index < -0.39 is 0 Å². The molecular formula is C31H61NO3. The van der Waals surface area contributed by atoms with Crippen molar-refractivity contribution >= 4 is 11.9 Å². The van der Waals surface area contributed by atoms with Crippen molar-refractivity contribution in [1.82, 2.24) is 4.90 Å². The summed E-state index contributed by atoms with van der Waals surface area (Å²) >= 11 is 0. The minimum Gasteiger partial charge on any atom is -0.461 e. The molecule has 0 N–H and O–H groups in total. The number of ether oxygens (including phenoxy) is 1. The van der Waals surface area contributed by atoms with Gasteiger partial charge in [-0.1, -0.05) is 136 Å². The van der Waals surface area contributed by atoms with Gasteiger partial charge in [-0.3, -0.25) is 9.59 Å². The molecule has 0 rings (SSSR count). The van der Waals surface area contributed by atoms with Crippen molar-refractivity contribution < 1.29 is 14.3 Å². The van der Waals surface area contributed by atoms with Crippen LogP contribution in [0.3, 0.4) is 0 Å². The Morgan fingerprint density at radius 2 is 0.971 bits per heavy atom. The fourth-order valence-electron chi connectivity index (χ4n) is 4.65. The first-order chi connectivity index (χ1) is 17.0. The van der Waals surface area contributed by atoms with Crippen LogP contribution < -0.4 is 0 Å². The number of hydrogen-bond acceptors (Lipinski definition) is 3. The Morgan fingerprint density at radius 1 is 0.600 bits per heavy atom. The lowest BCUT2D eigenvalue weighted by atomic mass is 10.0. The second-order valence-electron chi connectivity index (χ2n) is 10.8. The number of nitrogens with zero attached hydrogens (tertiary/aromatic N) is 1. The molecule has 35 heavy (non-hydrogen) atoms. The largest absolute Gasteiger partial charge is 0.461 e. The van der Waals surface area contributed by atoms with Gasteiger partial charge in [-0.15, -0.1) is 0 Å². The van der Waals surface area contributed by atoms with Gasteiger partial charge >= 0.3 is 5.97 Å². The lowest BCUT2D eigenvalue weighted by Crippen LogP contribution is -2.34. The van der Waals surface area contributed by atoms with Crippen LogP contribution in [0.5, 0.6) is 0 Å². The molecule has 1 amide bonds. The third-order valence-corrected chi connectivity index (χ3v) is 7.08. The van der Waals surface area contributed by atoms with Crippen molar-refractivity contribution in [2.75, 3.05) is 13.6 Å². The number of unbranched alkanes of at least 4 members (excludes halogenated alkanes) is 19. The van der Waals surface area contributed by atoms with Crippen LogP contribution in [0.1, 0.15) is 168 Å². The van der Waals surface area contributed by atoms with E-state index in [-0.39, 0.29) is 24.5 Å². The van der Waals surface area contributed by atoms with Gasteiger partial charge in [0.15, 0.2) is 0 Å². The Morgan fingerprint density at radius 3 is 1.40 bits per heavy atom. The van der Waals surface area contributed by atoms with Crippen molar-refractivity contribution in [2.45, 2.75) is 175 Å². The number of rotatable bonds is 26. The Kier molecular flexibility index (Phi) is 25.2. The minimum absolute atomic E-state index is 0.0542. The van der Waals surface area contributed by atoms with E-state index in [2.05, 4.69) is 13.8 Å². The molecule has 0 aliphatic heterocycles. The first-order valence-electron chi connectivity index (χ1n) is 15.4. The van der Waals surface area contributed by atoms with E-state index in [1.807, 2.05) is 6.92 Å². The Balaban J connectivity index is 3.59. The van der Waals surface area contributed by atoms with Crippen molar-refractivity contribution in [3.63, 3.8) is 0 Å². The first-order valence-corrected chi connectivity index (χ1v) is 15.4. The number of amides is 1. The number of carbonyl (C=O) groups excluding carboxylic acids is 2. The fraction of sp³-hybridized carbons (Fsp3) is 0.935. The maximum absolute atomic E-state index is 12.3. The Labute approximate surface area is 219 Å². The van der Waals surface area contributed by atoms with E-state index in [0.717, 1.165) is 25.7 Å². The van der Waals surface area contributed by atoms with E-state index in [1.165, 1.54) is 120 Å². The van der Waals surface area contributed by atoms with Crippen molar-refractivity contribution in [1.29, 1.82) is 0 Å². The molecule has 0 saturated carbocycles. The van der Waals surface area contributed by atoms with Gasteiger partial charge in [-0.05, 0) is 26.2 Å². The molecular weight excluding hydrogens is 434 g/mol. The molecule has 1 unspecified atom stereocenters. The lowest BCUT2D eigenvalue weighted by molar-refractivity contribution is -0.152. The molecule has 0 heterocycles. The molecule has 0 aromatic heterocycles. The van der Waals surface area contributed by atoms with E-state index >= 15 is 0 Å². The van der Waals surface area contributed by atoms with Crippen LogP contribution in [0.15, 0.2) is 0 Å². The van der Waals surface area contributed by atoms with Crippen molar-refractivity contribution in [3.8, 4) is 0 Å². The lowest BCUT2D eigenvalue weighted by Gasteiger charge is -2.19. The number of esters is 1. The maximum atomic E-state index is 12.3. The topological polar surface area (TPSA) is 46.6 Å². The molecule has 0 aromatic rings. The van der Waals surface area contributed by atoms with Crippen LogP contribution in [-0.4, -0.2) is 36.5 Å². The van der Waals surface area contributed by atoms with E-state index in [4.69, 9.17) is 4.74 Å². The Hall–Kier alpha value is -1.06. The second kappa shape index (κ2) is 26.0. The van der Waals surface area contributed by atoms with Gasteiger partial charge in [0.2, 0.25) is 5.91 Å². The maximum Gasteiger partial charge on any atom is 0.325 e. The highest BCUT2D eigenvalue weighted by molar-refractivity contribution is 5.81. The highest BCUT2D eigenvalue weighted by atomic mass is 16.5. The Bertz CT molecular complexity index is 480. The molecule has 0 saturated heterocycles. The molecule has 208 valence electrons. The van der Waals surface area contributed by atoms with Crippen molar-refractivity contribution in [3.05, 3.63) is 0 Å². The van der Waals surface area contributed by atoms with E-state index in [0.29, 0.717) is 6.42 Å². The standard InChI is InChI=1S/C31H61NO3/c1-5-7-9-11-13-15-16-17-19-20-22-24-26-29(3)35-31(34)28-32(4)30(33)27-25-23-21-18-14-12-10-8-6-2/h29H,5-28H2,1-4H3. The zero-order chi connectivity index (χ0) is 26.0. The van der Waals surface area contributed by atoms with Gasteiger partial charge < -0.3 is 9.64 Å². The van der Waals surface area contributed by atoms with E-state index in [9.17, 15) is 9.59 Å². The molecule has 0 spiro atoms. The summed E-state index contributed by atoms with van der Waals surface area (Å²) in [6.45, 7) is 6.56. The van der Waals surface area contributed by atoms with Crippen LogP contribution in [0, 0.1) is 0 Å². The summed E-state index contributed by atoms with van der Waals surface area (Å²) in [4.78, 5) is 26.0. The third kappa shape index (κ3) is 24.4. The summed E-state index contributed by atoms with van der Waals surface area (Å²) in [5.41, 5.74) is 0.